The van der Waals surface area contributed by atoms with Crippen LogP contribution >= 0.6 is 11.6 Å². The second kappa shape index (κ2) is 40.9. The summed E-state index contributed by atoms with van der Waals surface area (Å²) in [6, 6.07) is 67.4. The molecule has 37 heteroatoms. The van der Waals surface area contributed by atoms with Crippen LogP contribution in [0, 0.1) is 40.6 Å². The van der Waals surface area contributed by atoms with Gasteiger partial charge in [-0.2, -0.15) is 30.7 Å². The molecule has 141 heavy (non-hydrogen) atoms. The standard InChI is InChI=1S/C15H8ClF3N2O2.C15H8F4N2O2.4C15H12N2O2.C14H11N3O2/c16-11-6-10(15(17,18)19)7-20-13(11)21-4-3-8-5-9(14(22)23)1-2-12(8)21;16-13-12(6-10(7-20-13)15(17,18)19)21-4-3-8-5-9(14(22)23)1-2-11(8)21;1-10-2-5-14(16-9-10)17-7-6-11-8-12(15(18)19)3-4-13(11)17;1-10-8-13(4-6-16-10)17-7-5-11-9-12(15(18)19)2-3-14(11)17;1-10-4-6-16-14(8-10)17-7-5-11-9-12(15(18)19)2-3-13(11)17;1-10-3-2-4-14(16-10)17-8-7-11-9-12(15(18)19)5-6-13(11)17;1-9-15-6-4-13(16-9)17-7-5-10-8-11(14(18)19)2-3-12(10)17/h2*1-7H,(H,22,23);4*2-9H,1H3,(H,18,19);2-8H,1H3,(H,18,19). The molecule has 7 aromatic carbocycles. The summed E-state index contributed by atoms with van der Waals surface area (Å²) in [4.78, 5) is 109. The summed E-state index contributed by atoms with van der Waals surface area (Å²) < 4.78 is 103. The lowest BCUT2D eigenvalue weighted by molar-refractivity contribution is -0.138. The molecule has 0 radical (unpaired) electrons. The SMILES string of the molecule is Cc1cc(-n2ccc3cc(C(=O)O)ccc32)ccn1.Cc1ccc(-n2ccc3cc(C(=O)O)ccc32)nc1.Cc1cccc(-n2ccc3cc(C(=O)O)ccc32)n1.Cc1ccnc(-n2ccc3cc(C(=O)O)ccc32)c1.Cc1nccc(-n2ccc3cc(C(=O)O)ccc32)n1.O=C(O)c1ccc2c(ccn2-c2cc(C(F)(F)F)cnc2F)c1.O=C(O)c1ccc2c(ccn2-c2ncc(C(F)(F)F)cc2Cl)c1. The fraction of sp³-hybridized carbons (Fsp3) is 0.0673. The molecule has 21 rings (SSSR count). The van der Waals surface area contributed by atoms with Crippen LogP contribution < -0.4 is 0 Å². The molecule has 0 saturated heterocycles. The van der Waals surface area contributed by atoms with Gasteiger partial charge in [0.05, 0.1) is 93.7 Å². The quantitative estimate of drug-likeness (QED) is 0.0393. The highest BCUT2D eigenvalue weighted by Gasteiger charge is 2.34. The molecule has 0 aliphatic carbocycles. The van der Waals surface area contributed by atoms with Crippen LogP contribution in [0.4, 0.5) is 30.7 Å². The van der Waals surface area contributed by atoms with Crippen LogP contribution in [0.2, 0.25) is 5.02 Å². The van der Waals surface area contributed by atoms with Crippen LogP contribution in [0.15, 0.2) is 323 Å². The molecule has 14 aromatic heterocycles. The van der Waals surface area contributed by atoms with Crippen LogP contribution in [0.1, 0.15) is 112 Å². The van der Waals surface area contributed by atoms with E-state index in [0.29, 0.717) is 68.3 Å². The third kappa shape index (κ3) is 22.2. The van der Waals surface area contributed by atoms with Gasteiger partial charge in [-0.25, -0.2) is 68.4 Å². The third-order valence-electron chi connectivity index (χ3n) is 21.9. The first-order chi connectivity index (χ1) is 67.3. The molecule has 0 unspecified atom stereocenters. The van der Waals surface area contributed by atoms with Crippen LogP contribution in [0.5, 0.6) is 0 Å². The minimum Gasteiger partial charge on any atom is -0.478 e. The Morgan fingerprint density at radius 1 is 0.291 bits per heavy atom. The van der Waals surface area contributed by atoms with E-state index in [1.54, 1.807) is 110 Å². The highest BCUT2D eigenvalue weighted by molar-refractivity contribution is 6.32. The number of carbonyl (C=O) groups is 7. The lowest BCUT2D eigenvalue weighted by Crippen LogP contribution is -2.09. The number of aromatic nitrogens is 15. The highest BCUT2D eigenvalue weighted by Crippen LogP contribution is 2.36. The van der Waals surface area contributed by atoms with Gasteiger partial charge in [0.25, 0.3) is 0 Å². The molecular weight excluding hydrogens is 1850 g/mol. The first-order valence-corrected chi connectivity index (χ1v) is 42.6. The Bertz CT molecular complexity index is 7900. The van der Waals surface area contributed by atoms with Gasteiger partial charge in [0.2, 0.25) is 5.95 Å². The van der Waals surface area contributed by atoms with E-state index in [1.807, 2.05) is 204 Å². The van der Waals surface area contributed by atoms with E-state index < -0.39 is 71.2 Å². The van der Waals surface area contributed by atoms with Crippen LogP contribution in [-0.2, 0) is 12.4 Å². The van der Waals surface area contributed by atoms with E-state index in [4.69, 9.17) is 47.3 Å². The smallest absolute Gasteiger partial charge is 0.417 e. The predicted octanol–water partition coefficient (Wildman–Crippen LogP) is 22.8. The molecule has 0 saturated carbocycles. The molecule has 14 heterocycles. The molecular formula is C104H75ClF7N15O14. The van der Waals surface area contributed by atoms with Crippen molar-refractivity contribution in [2.24, 2.45) is 0 Å². The Kier molecular flexibility index (Phi) is 28.1. The number of halogens is 8. The number of aromatic carboxylic acids is 7. The zero-order chi connectivity index (χ0) is 101. The Hall–Kier alpha value is -18.6. The maximum atomic E-state index is 13.9. The molecule has 0 spiro atoms. The maximum Gasteiger partial charge on any atom is 0.417 e. The van der Waals surface area contributed by atoms with E-state index in [0.717, 1.165) is 112 Å². The average Bonchev–Trinajstić information content (AvgIpc) is 1.63. The topological polar surface area (TPSA) is 399 Å². The summed E-state index contributed by atoms with van der Waals surface area (Å²) in [5.41, 5.74) is 10.1. The number of hydrogen-bond acceptors (Lipinski definition) is 15. The zero-order valence-electron chi connectivity index (χ0n) is 74.3. The number of aryl methyl sites for hydroxylation is 5. The van der Waals surface area contributed by atoms with E-state index in [1.165, 1.54) is 51.7 Å². The van der Waals surface area contributed by atoms with Crippen LogP contribution in [-0.4, -0.2) is 149 Å². The lowest BCUT2D eigenvalue weighted by atomic mass is 10.1. The number of benzene rings is 7. The van der Waals surface area contributed by atoms with E-state index in [2.05, 4.69) is 39.9 Å². The van der Waals surface area contributed by atoms with Crippen molar-refractivity contribution < 1.29 is 100 Å². The highest BCUT2D eigenvalue weighted by atomic mass is 35.5. The first-order valence-electron chi connectivity index (χ1n) is 42.2. The Morgan fingerprint density at radius 2 is 0.652 bits per heavy atom. The second-order valence-electron chi connectivity index (χ2n) is 31.6. The molecule has 0 fully saturated rings. The Morgan fingerprint density at radius 3 is 1.04 bits per heavy atom. The number of alkyl halides is 6. The van der Waals surface area contributed by atoms with Crippen molar-refractivity contribution in [2.45, 2.75) is 47.0 Å². The Labute approximate surface area is 797 Å². The minimum atomic E-state index is -4.64. The minimum absolute atomic E-state index is 0.0258. The largest absolute Gasteiger partial charge is 0.478 e. The van der Waals surface area contributed by atoms with Crippen molar-refractivity contribution in [3.05, 3.63) is 413 Å². The summed E-state index contributed by atoms with van der Waals surface area (Å²) in [5.74, 6) is -3.74. The van der Waals surface area contributed by atoms with Crippen molar-refractivity contribution >= 4 is 130 Å². The molecule has 0 aliphatic heterocycles. The zero-order valence-corrected chi connectivity index (χ0v) is 75.1. The van der Waals surface area contributed by atoms with E-state index in [-0.39, 0.29) is 33.2 Å². The van der Waals surface area contributed by atoms with Gasteiger partial charge in [-0.3, -0.25) is 9.55 Å². The van der Waals surface area contributed by atoms with Crippen molar-refractivity contribution in [3.8, 4) is 40.5 Å². The van der Waals surface area contributed by atoms with Gasteiger partial charge in [0.1, 0.15) is 34.8 Å². The summed E-state index contributed by atoms with van der Waals surface area (Å²) in [6.07, 6.45) is 11.4. The van der Waals surface area contributed by atoms with Crippen molar-refractivity contribution in [3.63, 3.8) is 0 Å². The monoisotopic (exact) mass is 1930 g/mol. The van der Waals surface area contributed by atoms with Gasteiger partial charge in [-0.1, -0.05) is 23.7 Å². The van der Waals surface area contributed by atoms with Crippen LogP contribution in [0.3, 0.4) is 0 Å². The molecule has 7 N–H and O–H groups in total. The molecule has 706 valence electrons. The lowest BCUT2D eigenvalue weighted by Gasteiger charge is -2.11. The van der Waals surface area contributed by atoms with E-state index >= 15 is 0 Å². The molecule has 21 aromatic rings. The average molecular weight is 1930 g/mol. The number of rotatable bonds is 14. The van der Waals surface area contributed by atoms with Crippen molar-refractivity contribution in [1.29, 1.82) is 0 Å². The van der Waals surface area contributed by atoms with Gasteiger partial charge >= 0.3 is 54.1 Å². The van der Waals surface area contributed by atoms with Crippen molar-refractivity contribution in [2.75, 3.05) is 0 Å². The predicted molar refractivity (Wildman–Crippen MR) is 513 cm³/mol. The fourth-order valence-electron chi connectivity index (χ4n) is 15.0. The van der Waals surface area contributed by atoms with Gasteiger partial charge in [-0.15, -0.1) is 0 Å². The summed E-state index contributed by atoms with van der Waals surface area (Å²) in [6.45, 7) is 9.72. The number of carboxylic acids is 7. The van der Waals surface area contributed by atoms with Gasteiger partial charge < -0.3 is 63.1 Å². The normalized spacial score (nSPS) is 11.1. The number of pyridine rings is 6. The Balaban J connectivity index is 0.000000124. The second-order valence-corrected chi connectivity index (χ2v) is 32.0. The van der Waals surface area contributed by atoms with Gasteiger partial charge in [0.15, 0.2) is 5.82 Å². The first kappa shape index (κ1) is 96.9. The maximum absolute atomic E-state index is 13.9. The van der Waals surface area contributed by atoms with E-state index in [9.17, 15) is 64.3 Å². The van der Waals surface area contributed by atoms with Gasteiger partial charge in [0, 0.05) is 135 Å². The summed E-state index contributed by atoms with van der Waals surface area (Å²) in [5, 5.41) is 68.2. The summed E-state index contributed by atoms with van der Waals surface area (Å²) in [7, 11) is 0. The van der Waals surface area contributed by atoms with Crippen LogP contribution in [0.25, 0.3) is 117 Å². The molecule has 0 bridgehead atoms. The fourth-order valence-corrected chi connectivity index (χ4v) is 15.3. The third-order valence-corrected chi connectivity index (χ3v) is 22.2. The molecule has 0 amide bonds. The van der Waals surface area contributed by atoms with Crippen molar-refractivity contribution in [1.82, 2.24) is 71.8 Å². The molecule has 29 nitrogen and oxygen atoms in total. The molecule has 0 atom stereocenters. The molecule has 0 aliphatic rings. The number of nitrogens with zero attached hydrogens (tertiary/aromatic N) is 15. The van der Waals surface area contributed by atoms with Gasteiger partial charge in [-0.05, 0) is 276 Å². The summed E-state index contributed by atoms with van der Waals surface area (Å²) >= 11 is 5.93. The number of fused-ring (bicyclic) bond motifs is 7. The number of hydrogen-bond donors (Lipinski definition) is 7. The number of carboxylic acid groups (broad SMARTS) is 7.